The van der Waals surface area contributed by atoms with Crippen LogP contribution in [0.2, 0.25) is 0 Å². The highest BCUT2D eigenvalue weighted by Gasteiger charge is 2.43. The van der Waals surface area contributed by atoms with Crippen molar-refractivity contribution in [3.05, 3.63) is 58.1 Å². The van der Waals surface area contributed by atoms with E-state index in [9.17, 15) is 9.59 Å². The Hall–Kier alpha value is -2.67. The van der Waals surface area contributed by atoms with Crippen molar-refractivity contribution in [1.82, 2.24) is 20.6 Å². The lowest BCUT2D eigenvalue weighted by Gasteiger charge is -2.41. The third-order valence-electron chi connectivity index (χ3n) is 4.25. The minimum absolute atomic E-state index is 0.0244. The molecule has 0 atom stereocenters. The summed E-state index contributed by atoms with van der Waals surface area (Å²) in [6.45, 7) is 1.74. The normalized spacial score (nSPS) is 15.5. The minimum Gasteiger partial charge on any atom is -0.383 e. The Morgan fingerprint density at radius 3 is 2.67 bits per heavy atom. The number of H-pyrrole nitrogens is 1. The van der Waals surface area contributed by atoms with Crippen molar-refractivity contribution in [2.75, 3.05) is 25.4 Å². The van der Waals surface area contributed by atoms with Gasteiger partial charge in [0.15, 0.2) is 0 Å². The number of aromatic nitrogens is 2. The molecule has 0 bridgehead atoms. The maximum absolute atomic E-state index is 12.6. The van der Waals surface area contributed by atoms with E-state index < -0.39 is 5.41 Å². The van der Waals surface area contributed by atoms with Gasteiger partial charge in [-0.1, -0.05) is 30.3 Å². The Labute approximate surface area is 139 Å². The smallest absolute Gasteiger partial charge is 0.252 e. The van der Waals surface area contributed by atoms with Crippen molar-refractivity contribution in [2.45, 2.75) is 12.8 Å². The van der Waals surface area contributed by atoms with Crippen LogP contribution in [0.5, 0.6) is 0 Å². The third kappa shape index (κ3) is 3.62. The van der Waals surface area contributed by atoms with E-state index >= 15 is 0 Å². The molecule has 1 aromatic carbocycles. The van der Waals surface area contributed by atoms with Crippen LogP contribution in [0.4, 0.5) is 5.82 Å². The zero-order chi connectivity index (χ0) is 17.0. The van der Waals surface area contributed by atoms with Gasteiger partial charge in [-0.25, -0.2) is 4.98 Å². The number of nitrogen functional groups attached to an aromatic ring is 1. The maximum atomic E-state index is 12.6. The molecule has 2 heterocycles. The summed E-state index contributed by atoms with van der Waals surface area (Å²) < 4.78 is 0. The first-order chi connectivity index (χ1) is 11.6. The summed E-state index contributed by atoms with van der Waals surface area (Å²) in [5.41, 5.74) is 6.01. The van der Waals surface area contributed by atoms with Gasteiger partial charge < -0.3 is 21.4 Å². The molecule has 5 N–H and O–H groups in total. The molecule has 7 heteroatoms. The second kappa shape index (κ2) is 6.84. The standard InChI is InChI=1S/C17H21N5O2/c18-13-8-15(23)22-14(21-13)6-7-20-16(24)17(10-19-11-17)9-12-4-2-1-3-5-12/h1-5,8,19H,6-7,9-11H2,(H,20,24)(H3,18,21,22,23). The molecule has 1 amide bonds. The molecule has 1 fully saturated rings. The number of aromatic amines is 1. The van der Waals surface area contributed by atoms with Gasteiger partial charge in [-0.2, -0.15) is 0 Å². The van der Waals surface area contributed by atoms with E-state index in [4.69, 9.17) is 5.73 Å². The van der Waals surface area contributed by atoms with E-state index in [0.29, 0.717) is 38.3 Å². The second-order valence-corrected chi connectivity index (χ2v) is 6.17. The third-order valence-corrected chi connectivity index (χ3v) is 4.25. The molecule has 0 saturated carbocycles. The van der Waals surface area contributed by atoms with Gasteiger partial charge in [-0.3, -0.25) is 9.59 Å². The molecular weight excluding hydrogens is 306 g/mol. The summed E-state index contributed by atoms with van der Waals surface area (Å²) in [6.07, 6.45) is 1.14. The van der Waals surface area contributed by atoms with Crippen molar-refractivity contribution in [3.63, 3.8) is 0 Å². The number of carbonyl (C=O) groups excluding carboxylic acids is 1. The number of anilines is 1. The van der Waals surface area contributed by atoms with Crippen molar-refractivity contribution in [3.8, 4) is 0 Å². The van der Waals surface area contributed by atoms with E-state index in [-0.39, 0.29) is 17.3 Å². The zero-order valence-corrected chi connectivity index (χ0v) is 13.3. The summed E-state index contributed by atoms with van der Waals surface area (Å²) in [4.78, 5) is 30.6. The van der Waals surface area contributed by atoms with Gasteiger partial charge in [-0.05, 0) is 12.0 Å². The largest absolute Gasteiger partial charge is 0.383 e. The lowest BCUT2D eigenvalue weighted by Crippen LogP contribution is -2.62. The molecule has 1 saturated heterocycles. The summed E-state index contributed by atoms with van der Waals surface area (Å²) in [7, 11) is 0. The average molecular weight is 327 g/mol. The number of nitrogens with one attached hydrogen (secondary N) is 3. The quantitative estimate of drug-likeness (QED) is 0.589. The highest BCUT2D eigenvalue weighted by atomic mass is 16.2. The first-order valence-corrected chi connectivity index (χ1v) is 7.96. The van der Waals surface area contributed by atoms with Crippen LogP contribution < -0.4 is 21.9 Å². The zero-order valence-electron chi connectivity index (χ0n) is 13.3. The number of rotatable bonds is 6. The van der Waals surface area contributed by atoms with Crippen LogP contribution in [-0.4, -0.2) is 35.5 Å². The van der Waals surface area contributed by atoms with Crippen LogP contribution in [0, 0.1) is 5.41 Å². The number of hydrogen-bond donors (Lipinski definition) is 4. The van der Waals surface area contributed by atoms with Crippen molar-refractivity contribution >= 4 is 11.7 Å². The molecule has 0 radical (unpaired) electrons. The Bertz CT molecular complexity index is 768. The number of nitrogens with two attached hydrogens (primary N) is 1. The Morgan fingerprint density at radius 2 is 2.04 bits per heavy atom. The number of hydrogen-bond acceptors (Lipinski definition) is 5. The first kappa shape index (κ1) is 16.2. The molecule has 1 aromatic heterocycles. The van der Waals surface area contributed by atoms with Crippen LogP contribution in [0.25, 0.3) is 0 Å². The van der Waals surface area contributed by atoms with Gasteiger partial charge in [0.25, 0.3) is 5.56 Å². The Kier molecular flexibility index (Phi) is 4.61. The monoisotopic (exact) mass is 327 g/mol. The SMILES string of the molecule is Nc1cc(=O)[nH]c(CCNC(=O)C2(Cc3ccccc3)CNC2)n1. The predicted octanol–water partition coefficient (Wildman–Crippen LogP) is -0.157. The summed E-state index contributed by atoms with van der Waals surface area (Å²) in [5.74, 6) is 0.685. The van der Waals surface area contributed by atoms with Crippen LogP contribution in [0.15, 0.2) is 41.2 Å². The van der Waals surface area contributed by atoms with Crippen LogP contribution in [0.3, 0.4) is 0 Å². The average Bonchev–Trinajstić information content (AvgIpc) is 2.51. The number of benzene rings is 1. The van der Waals surface area contributed by atoms with Gasteiger partial charge in [0.1, 0.15) is 11.6 Å². The van der Waals surface area contributed by atoms with E-state index in [1.807, 2.05) is 30.3 Å². The highest BCUT2D eigenvalue weighted by Crippen LogP contribution is 2.28. The van der Waals surface area contributed by atoms with E-state index in [0.717, 1.165) is 5.56 Å². The van der Waals surface area contributed by atoms with Gasteiger partial charge in [-0.15, -0.1) is 0 Å². The van der Waals surface area contributed by atoms with Crippen molar-refractivity contribution in [2.24, 2.45) is 5.41 Å². The number of amides is 1. The van der Waals surface area contributed by atoms with E-state index in [1.165, 1.54) is 6.07 Å². The topological polar surface area (TPSA) is 113 Å². The second-order valence-electron chi connectivity index (χ2n) is 6.17. The molecule has 126 valence electrons. The molecule has 1 aliphatic heterocycles. The van der Waals surface area contributed by atoms with Gasteiger partial charge in [0, 0.05) is 32.1 Å². The molecule has 3 rings (SSSR count). The molecule has 24 heavy (non-hydrogen) atoms. The molecule has 2 aromatic rings. The summed E-state index contributed by atoms with van der Waals surface area (Å²) in [5, 5.41) is 6.14. The predicted molar refractivity (Wildman–Crippen MR) is 91.4 cm³/mol. The lowest BCUT2D eigenvalue weighted by atomic mass is 9.75. The fraction of sp³-hybridized carbons (Fsp3) is 0.353. The van der Waals surface area contributed by atoms with Gasteiger partial charge in [0.2, 0.25) is 5.91 Å². The van der Waals surface area contributed by atoms with Gasteiger partial charge >= 0.3 is 0 Å². The van der Waals surface area contributed by atoms with Crippen LogP contribution in [0.1, 0.15) is 11.4 Å². The van der Waals surface area contributed by atoms with E-state index in [2.05, 4.69) is 20.6 Å². The van der Waals surface area contributed by atoms with Crippen molar-refractivity contribution in [1.29, 1.82) is 0 Å². The maximum Gasteiger partial charge on any atom is 0.252 e. The molecule has 0 unspecified atom stereocenters. The number of nitrogens with zero attached hydrogens (tertiary/aromatic N) is 1. The Morgan fingerprint density at radius 1 is 1.29 bits per heavy atom. The minimum atomic E-state index is -0.405. The fourth-order valence-corrected chi connectivity index (χ4v) is 2.91. The molecule has 7 nitrogen and oxygen atoms in total. The van der Waals surface area contributed by atoms with Crippen LogP contribution >= 0.6 is 0 Å². The molecule has 0 aliphatic carbocycles. The van der Waals surface area contributed by atoms with Gasteiger partial charge in [0.05, 0.1) is 5.41 Å². The highest BCUT2D eigenvalue weighted by molar-refractivity contribution is 5.84. The van der Waals surface area contributed by atoms with E-state index in [1.54, 1.807) is 0 Å². The number of carbonyl (C=O) groups is 1. The Balaban J connectivity index is 1.58. The summed E-state index contributed by atoms with van der Waals surface area (Å²) >= 11 is 0. The first-order valence-electron chi connectivity index (χ1n) is 7.96. The molecule has 0 spiro atoms. The lowest BCUT2D eigenvalue weighted by molar-refractivity contribution is -0.133. The van der Waals surface area contributed by atoms with Crippen molar-refractivity contribution < 1.29 is 4.79 Å². The molecule has 1 aliphatic rings. The molecular formula is C17H21N5O2. The summed E-state index contributed by atoms with van der Waals surface area (Å²) in [6, 6.07) is 11.2. The van der Waals surface area contributed by atoms with Crippen LogP contribution in [-0.2, 0) is 17.6 Å². The fourth-order valence-electron chi connectivity index (χ4n) is 2.91.